The molecule has 1 saturated heterocycles. The molecule has 0 bridgehead atoms. The van der Waals surface area contributed by atoms with Crippen LogP contribution >= 0.6 is 0 Å². The summed E-state index contributed by atoms with van der Waals surface area (Å²) >= 11 is 0. The second-order valence-corrected chi connectivity index (χ2v) is 16.6. The van der Waals surface area contributed by atoms with E-state index in [1.165, 1.54) is 12.8 Å². The van der Waals surface area contributed by atoms with Crippen molar-refractivity contribution in [3.8, 4) is 0 Å². The van der Waals surface area contributed by atoms with E-state index in [-0.39, 0.29) is 59.6 Å². The Morgan fingerprint density at radius 3 is 2.49 bits per heavy atom. The first-order valence-corrected chi connectivity index (χ1v) is 18.1. The lowest BCUT2D eigenvalue weighted by atomic mass is 9.46. The van der Waals surface area contributed by atoms with E-state index in [0.29, 0.717) is 32.0 Å². The average molecular weight is 633 g/mol. The highest BCUT2D eigenvalue weighted by molar-refractivity contribution is 5.95. The molecular weight excluding hydrogens is 572 g/mol. The van der Waals surface area contributed by atoms with Crippen LogP contribution in [0.2, 0.25) is 0 Å². The van der Waals surface area contributed by atoms with Crippen LogP contribution in [0.4, 0.5) is 0 Å². The average Bonchev–Trinajstić information content (AvgIpc) is 3.72. The molecule has 1 aliphatic heterocycles. The van der Waals surface area contributed by atoms with Crippen LogP contribution in [0.15, 0.2) is 11.6 Å². The van der Waals surface area contributed by atoms with E-state index >= 15 is 0 Å². The second kappa shape index (κ2) is 12.5. The van der Waals surface area contributed by atoms with Gasteiger partial charge in [0.1, 0.15) is 6.10 Å². The molecule has 4 N–H and O–H groups in total. The minimum atomic E-state index is -1.51. The molecule has 0 spiro atoms. The zero-order valence-electron chi connectivity index (χ0n) is 28.4. The minimum Gasteiger partial charge on any atom is -0.394 e. The predicted molar refractivity (Wildman–Crippen MR) is 170 cm³/mol. The lowest BCUT2D eigenvalue weighted by molar-refractivity contribution is -0.197. The van der Waals surface area contributed by atoms with E-state index in [9.17, 15) is 25.2 Å². The molecule has 0 aromatic rings. The molecule has 13 unspecified atom stereocenters. The number of hydrogen-bond acceptors (Lipinski definition) is 8. The Morgan fingerprint density at radius 1 is 1.07 bits per heavy atom. The normalized spacial score (nSPS) is 47.1. The molecule has 0 amide bonds. The number of hydrogen-bond donors (Lipinski definition) is 4. The lowest BCUT2D eigenvalue weighted by Gasteiger charge is -2.60. The molecule has 5 fully saturated rings. The van der Waals surface area contributed by atoms with Gasteiger partial charge in [0.05, 0.1) is 36.1 Å². The van der Waals surface area contributed by atoms with Gasteiger partial charge in [0.2, 0.25) is 0 Å². The van der Waals surface area contributed by atoms with Gasteiger partial charge < -0.3 is 34.6 Å². The predicted octanol–water partition coefficient (Wildman–Crippen LogP) is 4.60. The zero-order valence-corrected chi connectivity index (χ0v) is 28.4. The molecule has 0 aromatic heterocycles. The van der Waals surface area contributed by atoms with Gasteiger partial charge in [-0.3, -0.25) is 4.79 Å². The van der Waals surface area contributed by atoms with Crippen molar-refractivity contribution in [3.05, 3.63) is 11.6 Å². The van der Waals surface area contributed by atoms with Crippen LogP contribution in [-0.2, 0) is 19.0 Å². The summed E-state index contributed by atoms with van der Waals surface area (Å²) in [4.78, 5) is 13.9. The maximum absolute atomic E-state index is 13.9. The Labute approximate surface area is 270 Å². The third kappa shape index (κ3) is 5.32. The van der Waals surface area contributed by atoms with E-state index in [2.05, 4.69) is 20.8 Å². The molecule has 6 aliphatic rings. The zero-order chi connectivity index (χ0) is 32.4. The molecule has 5 aliphatic carbocycles. The van der Waals surface area contributed by atoms with Gasteiger partial charge in [0.15, 0.2) is 5.78 Å². The lowest BCUT2D eigenvalue weighted by Crippen LogP contribution is -2.63. The molecule has 0 aromatic carbocycles. The molecule has 8 heteroatoms. The molecule has 1 heterocycles. The Kier molecular flexibility index (Phi) is 9.48. The van der Waals surface area contributed by atoms with Crippen LogP contribution in [0.5, 0.6) is 0 Å². The quantitative estimate of drug-likeness (QED) is 0.258. The number of ketones is 1. The SMILES string of the molecule is COCCCOC1CCC2(C)C(C1)C(=O)C=C1C2CCC2(C)C(C(C)(O)C(O)C3OC(CO)C(C4CCCC4)C3C)CCC12O. The number of ether oxygens (including phenoxy) is 3. The summed E-state index contributed by atoms with van der Waals surface area (Å²) in [5.41, 5.74) is -2.80. The van der Waals surface area contributed by atoms with E-state index < -0.39 is 28.8 Å². The number of carbonyl (C=O) groups excluding carboxylic acids is 1. The molecule has 45 heavy (non-hydrogen) atoms. The van der Waals surface area contributed by atoms with Gasteiger partial charge in [0, 0.05) is 31.7 Å². The van der Waals surface area contributed by atoms with Gasteiger partial charge in [0.25, 0.3) is 0 Å². The Hall–Kier alpha value is -0.870. The smallest absolute Gasteiger partial charge is 0.159 e. The number of rotatable bonds is 10. The summed E-state index contributed by atoms with van der Waals surface area (Å²) in [7, 11) is 1.69. The van der Waals surface area contributed by atoms with Gasteiger partial charge in [-0.05, 0) is 105 Å². The van der Waals surface area contributed by atoms with Crippen molar-refractivity contribution < 1.29 is 39.4 Å². The molecule has 6 rings (SSSR count). The molecule has 13 atom stereocenters. The van der Waals surface area contributed by atoms with Crippen LogP contribution in [0.1, 0.15) is 105 Å². The Bertz CT molecular complexity index is 1120. The first-order valence-electron chi connectivity index (χ1n) is 18.1. The largest absolute Gasteiger partial charge is 0.394 e. The summed E-state index contributed by atoms with van der Waals surface area (Å²) in [6.45, 7) is 9.38. The number of methoxy groups -OCH3 is 1. The third-order valence-corrected chi connectivity index (χ3v) is 14.5. The number of aliphatic hydroxyl groups excluding tert-OH is 2. The van der Waals surface area contributed by atoms with Crippen LogP contribution < -0.4 is 0 Å². The fourth-order valence-electron chi connectivity index (χ4n) is 12.0. The molecule has 4 saturated carbocycles. The van der Waals surface area contributed by atoms with Gasteiger partial charge in [-0.1, -0.05) is 46.5 Å². The van der Waals surface area contributed by atoms with Crippen LogP contribution in [0.25, 0.3) is 0 Å². The van der Waals surface area contributed by atoms with Crippen molar-refractivity contribution >= 4 is 5.78 Å². The summed E-state index contributed by atoms with van der Waals surface area (Å²) in [5, 5.41) is 47.1. The number of allylic oxidation sites excluding steroid dienone is 1. The molecular formula is C37H60O8. The van der Waals surface area contributed by atoms with E-state index in [4.69, 9.17) is 14.2 Å². The van der Waals surface area contributed by atoms with Crippen LogP contribution in [0, 0.1) is 46.3 Å². The molecule has 8 nitrogen and oxygen atoms in total. The summed E-state index contributed by atoms with van der Waals surface area (Å²) in [5.74, 6) is 0.359. The monoisotopic (exact) mass is 632 g/mol. The standard InChI is InChI=1S/C37H60O8/c1-22-31(23-9-6-7-10-23)29(21-38)45-32(22)33(40)36(4,41)30-13-16-37(42)26-20-28(39)27-19-24(44-18-8-17-43-5)11-14-34(27,2)25(26)12-15-35(30,37)3/h20,22-25,27,29-33,38,40-42H,6-19,21H2,1-5H3. The first kappa shape index (κ1) is 34.0. The Morgan fingerprint density at radius 2 is 1.80 bits per heavy atom. The minimum absolute atomic E-state index is 0.00481. The third-order valence-electron chi connectivity index (χ3n) is 14.5. The molecule has 0 radical (unpaired) electrons. The van der Waals surface area contributed by atoms with Crippen molar-refractivity contribution in [2.24, 2.45) is 46.3 Å². The second-order valence-electron chi connectivity index (χ2n) is 16.6. The van der Waals surface area contributed by atoms with Gasteiger partial charge >= 0.3 is 0 Å². The van der Waals surface area contributed by atoms with Crippen LogP contribution in [0.3, 0.4) is 0 Å². The topological polar surface area (TPSA) is 126 Å². The summed E-state index contributed by atoms with van der Waals surface area (Å²) < 4.78 is 17.7. The van der Waals surface area contributed by atoms with Crippen molar-refractivity contribution in [2.75, 3.05) is 26.9 Å². The molecule has 256 valence electrons. The highest BCUT2D eigenvalue weighted by Crippen LogP contribution is 2.69. The van der Waals surface area contributed by atoms with Crippen molar-refractivity contribution in [2.45, 2.75) is 140 Å². The maximum Gasteiger partial charge on any atom is 0.159 e. The van der Waals surface area contributed by atoms with Crippen molar-refractivity contribution in [1.29, 1.82) is 0 Å². The van der Waals surface area contributed by atoms with Gasteiger partial charge in [-0.2, -0.15) is 0 Å². The fraction of sp³-hybridized carbons (Fsp3) is 0.919. The highest BCUT2D eigenvalue weighted by Gasteiger charge is 2.69. The van der Waals surface area contributed by atoms with E-state index in [0.717, 1.165) is 56.9 Å². The summed E-state index contributed by atoms with van der Waals surface area (Å²) in [6, 6.07) is 0. The summed E-state index contributed by atoms with van der Waals surface area (Å²) in [6.07, 6.45) is 10.4. The number of aliphatic hydroxyl groups is 4. The number of fused-ring (bicyclic) bond motifs is 5. The van der Waals surface area contributed by atoms with E-state index in [1.807, 2.05) is 0 Å². The van der Waals surface area contributed by atoms with Crippen LogP contribution in [-0.4, -0.2) is 88.8 Å². The van der Waals surface area contributed by atoms with Gasteiger partial charge in [-0.15, -0.1) is 0 Å². The van der Waals surface area contributed by atoms with Gasteiger partial charge in [-0.25, -0.2) is 0 Å². The maximum atomic E-state index is 13.9. The Balaban J connectivity index is 1.22. The van der Waals surface area contributed by atoms with E-state index in [1.54, 1.807) is 20.1 Å². The first-order chi connectivity index (χ1) is 21.3. The highest BCUT2D eigenvalue weighted by atomic mass is 16.5. The fourth-order valence-corrected chi connectivity index (χ4v) is 12.0. The van der Waals surface area contributed by atoms with Crippen molar-refractivity contribution in [3.63, 3.8) is 0 Å². The number of carbonyl (C=O) groups is 1. The van der Waals surface area contributed by atoms with Crippen molar-refractivity contribution in [1.82, 2.24) is 0 Å².